The second-order valence-corrected chi connectivity index (χ2v) is 5.65. The van der Waals surface area contributed by atoms with E-state index in [9.17, 15) is 9.18 Å². The number of benzene rings is 2. The van der Waals surface area contributed by atoms with Crippen molar-refractivity contribution in [2.24, 2.45) is 0 Å². The fraction of sp³-hybridized carbons (Fsp3) is 0.211. The summed E-state index contributed by atoms with van der Waals surface area (Å²) >= 11 is 0. The van der Waals surface area contributed by atoms with Gasteiger partial charge >= 0.3 is 0 Å². The number of halogens is 1. The summed E-state index contributed by atoms with van der Waals surface area (Å²) in [6, 6.07) is 11.3. The number of rotatable bonds is 4. The maximum absolute atomic E-state index is 13.2. The SMILES string of the molecule is COc1ccc(C2=CC(c3ccc(F)cc3)N(C(C)=O)N2)cc1OC. The van der Waals surface area contributed by atoms with Gasteiger partial charge in [0.1, 0.15) is 5.82 Å². The zero-order valence-electron chi connectivity index (χ0n) is 14.2. The maximum atomic E-state index is 13.2. The van der Waals surface area contributed by atoms with Gasteiger partial charge in [0, 0.05) is 12.5 Å². The van der Waals surface area contributed by atoms with E-state index < -0.39 is 0 Å². The molecule has 1 atom stereocenters. The molecule has 5 nitrogen and oxygen atoms in total. The molecular weight excluding hydrogens is 323 g/mol. The lowest BCUT2D eigenvalue weighted by molar-refractivity contribution is -0.132. The minimum absolute atomic E-state index is 0.138. The van der Waals surface area contributed by atoms with Gasteiger partial charge in [0.15, 0.2) is 11.5 Å². The van der Waals surface area contributed by atoms with E-state index in [-0.39, 0.29) is 17.8 Å². The predicted octanol–water partition coefficient (Wildman–Crippen LogP) is 3.29. The van der Waals surface area contributed by atoms with Gasteiger partial charge in [0.05, 0.1) is 26.0 Å². The van der Waals surface area contributed by atoms with Crippen molar-refractivity contribution in [1.29, 1.82) is 0 Å². The molecule has 0 saturated carbocycles. The van der Waals surface area contributed by atoms with E-state index >= 15 is 0 Å². The van der Waals surface area contributed by atoms with Gasteiger partial charge in [-0.2, -0.15) is 0 Å². The third-order valence-electron chi connectivity index (χ3n) is 4.09. The Balaban J connectivity index is 1.98. The van der Waals surface area contributed by atoms with Crippen LogP contribution in [-0.2, 0) is 4.79 Å². The van der Waals surface area contributed by atoms with Crippen LogP contribution in [0.5, 0.6) is 11.5 Å². The molecule has 25 heavy (non-hydrogen) atoms. The summed E-state index contributed by atoms with van der Waals surface area (Å²) in [4.78, 5) is 12.0. The van der Waals surface area contributed by atoms with Crippen LogP contribution in [0, 0.1) is 5.82 Å². The molecule has 0 saturated heterocycles. The van der Waals surface area contributed by atoms with Crippen LogP contribution in [0.3, 0.4) is 0 Å². The van der Waals surface area contributed by atoms with Crippen molar-refractivity contribution in [3.05, 3.63) is 65.5 Å². The Labute approximate surface area is 145 Å². The average Bonchev–Trinajstić information content (AvgIpc) is 3.07. The zero-order chi connectivity index (χ0) is 18.0. The summed E-state index contributed by atoms with van der Waals surface area (Å²) in [5, 5.41) is 1.51. The quantitative estimate of drug-likeness (QED) is 0.926. The highest BCUT2D eigenvalue weighted by molar-refractivity contribution is 5.79. The molecule has 6 heteroatoms. The molecule has 2 aromatic carbocycles. The Morgan fingerprint density at radius 2 is 1.76 bits per heavy atom. The van der Waals surface area contributed by atoms with Crippen molar-refractivity contribution in [3.63, 3.8) is 0 Å². The number of methoxy groups -OCH3 is 2. The number of nitrogens with one attached hydrogen (secondary N) is 1. The maximum Gasteiger partial charge on any atom is 0.238 e. The molecular formula is C19H19FN2O3. The van der Waals surface area contributed by atoms with Crippen molar-refractivity contribution in [2.45, 2.75) is 13.0 Å². The van der Waals surface area contributed by atoms with E-state index in [2.05, 4.69) is 5.43 Å². The lowest BCUT2D eigenvalue weighted by atomic mass is 10.0. The second-order valence-electron chi connectivity index (χ2n) is 5.65. The Kier molecular flexibility index (Phi) is 4.61. The Bertz CT molecular complexity index is 818. The minimum Gasteiger partial charge on any atom is -0.493 e. The summed E-state index contributed by atoms with van der Waals surface area (Å²) < 4.78 is 23.8. The van der Waals surface area contributed by atoms with E-state index in [0.29, 0.717) is 11.5 Å². The number of nitrogens with zero attached hydrogens (tertiary/aromatic N) is 1. The van der Waals surface area contributed by atoms with E-state index in [0.717, 1.165) is 16.8 Å². The van der Waals surface area contributed by atoms with Crippen LogP contribution in [0.15, 0.2) is 48.5 Å². The molecule has 1 unspecified atom stereocenters. The van der Waals surface area contributed by atoms with Gasteiger partial charge in [0.25, 0.3) is 0 Å². The van der Waals surface area contributed by atoms with Gasteiger partial charge in [-0.15, -0.1) is 0 Å². The van der Waals surface area contributed by atoms with E-state index in [1.807, 2.05) is 18.2 Å². The number of ether oxygens (including phenoxy) is 2. The summed E-state index contributed by atoms with van der Waals surface area (Å²) in [6.07, 6.45) is 1.93. The fourth-order valence-corrected chi connectivity index (χ4v) is 2.81. The monoisotopic (exact) mass is 342 g/mol. The summed E-state index contributed by atoms with van der Waals surface area (Å²) in [5.74, 6) is 0.778. The zero-order valence-corrected chi connectivity index (χ0v) is 14.2. The highest BCUT2D eigenvalue weighted by Crippen LogP contribution is 2.35. The molecule has 130 valence electrons. The van der Waals surface area contributed by atoms with Crippen LogP contribution < -0.4 is 14.9 Å². The first-order chi connectivity index (χ1) is 12.0. The second kappa shape index (κ2) is 6.84. The van der Waals surface area contributed by atoms with Crippen LogP contribution in [0.1, 0.15) is 24.1 Å². The molecule has 3 rings (SSSR count). The van der Waals surface area contributed by atoms with Crippen LogP contribution in [0.25, 0.3) is 5.70 Å². The smallest absolute Gasteiger partial charge is 0.238 e. The third kappa shape index (κ3) is 3.28. The summed E-state index contributed by atoms with van der Waals surface area (Å²) in [6.45, 7) is 1.48. The molecule has 1 aliphatic heterocycles. The van der Waals surface area contributed by atoms with Crippen LogP contribution >= 0.6 is 0 Å². The highest BCUT2D eigenvalue weighted by Gasteiger charge is 2.29. The number of amides is 1. The predicted molar refractivity (Wildman–Crippen MR) is 92.3 cm³/mol. The van der Waals surface area contributed by atoms with Gasteiger partial charge in [0.2, 0.25) is 5.91 Å². The van der Waals surface area contributed by atoms with Gasteiger partial charge in [-0.1, -0.05) is 12.1 Å². The molecule has 2 aromatic rings. The minimum atomic E-state index is -0.318. The highest BCUT2D eigenvalue weighted by atomic mass is 19.1. The van der Waals surface area contributed by atoms with Crippen molar-refractivity contribution in [1.82, 2.24) is 10.4 Å². The van der Waals surface area contributed by atoms with E-state index in [4.69, 9.17) is 9.47 Å². The standard InChI is InChI=1S/C19H19FN2O3/c1-12(23)22-17(13-4-7-15(20)8-5-13)11-16(21-22)14-6-9-18(24-2)19(10-14)25-3/h4-11,17,21H,1-3H3. The first kappa shape index (κ1) is 16.8. The Hall–Kier alpha value is -3.02. The molecule has 1 amide bonds. The molecule has 0 fully saturated rings. The topological polar surface area (TPSA) is 50.8 Å². The fourth-order valence-electron chi connectivity index (χ4n) is 2.81. The Morgan fingerprint density at radius 1 is 1.08 bits per heavy atom. The normalized spacial score (nSPS) is 16.2. The van der Waals surface area contributed by atoms with Crippen molar-refractivity contribution < 1.29 is 18.7 Å². The van der Waals surface area contributed by atoms with Crippen LogP contribution in [0.4, 0.5) is 4.39 Å². The number of hydrogen-bond donors (Lipinski definition) is 1. The molecule has 0 bridgehead atoms. The summed E-state index contributed by atoms with van der Waals surface area (Å²) in [7, 11) is 3.15. The largest absolute Gasteiger partial charge is 0.493 e. The number of carbonyl (C=O) groups is 1. The average molecular weight is 342 g/mol. The van der Waals surface area contributed by atoms with Gasteiger partial charge < -0.3 is 9.47 Å². The molecule has 0 radical (unpaired) electrons. The number of hydrazine groups is 1. The van der Waals surface area contributed by atoms with Crippen molar-refractivity contribution >= 4 is 11.6 Å². The molecule has 0 aromatic heterocycles. The molecule has 1 N–H and O–H groups in total. The van der Waals surface area contributed by atoms with E-state index in [1.165, 1.54) is 24.1 Å². The number of carbonyl (C=O) groups excluding carboxylic acids is 1. The van der Waals surface area contributed by atoms with Gasteiger partial charge in [-0.3, -0.25) is 10.2 Å². The molecule has 1 aliphatic rings. The van der Waals surface area contributed by atoms with E-state index in [1.54, 1.807) is 32.4 Å². The Morgan fingerprint density at radius 3 is 2.36 bits per heavy atom. The summed E-state index contributed by atoms with van der Waals surface area (Å²) in [5.41, 5.74) is 5.56. The lowest BCUT2D eigenvalue weighted by Crippen LogP contribution is -2.37. The van der Waals surface area contributed by atoms with Gasteiger partial charge in [-0.25, -0.2) is 9.40 Å². The van der Waals surface area contributed by atoms with Crippen molar-refractivity contribution in [2.75, 3.05) is 14.2 Å². The molecule has 0 spiro atoms. The number of hydrogen-bond acceptors (Lipinski definition) is 4. The van der Waals surface area contributed by atoms with Crippen LogP contribution in [0.2, 0.25) is 0 Å². The third-order valence-corrected chi connectivity index (χ3v) is 4.09. The van der Waals surface area contributed by atoms with Crippen LogP contribution in [-0.4, -0.2) is 25.1 Å². The molecule has 1 heterocycles. The van der Waals surface area contributed by atoms with Crippen molar-refractivity contribution in [3.8, 4) is 11.5 Å². The lowest BCUT2D eigenvalue weighted by Gasteiger charge is -2.24. The first-order valence-electron chi connectivity index (χ1n) is 7.79. The first-order valence-corrected chi connectivity index (χ1v) is 7.79. The van der Waals surface area contributed by atoms with Gasteiger partial charge in [-0.05, 0) is 42.0 Å². The molecule has 0 aliphatic carbocycles.